The second-order valence-electron chi connectivity index (χ2n) is 5.39. The van der Waals surface area contributed by atoms with Crippen LogP contribution in [0.1, 0.15) is 29.7 Å². The van der Waals surface area contributed by atoms with E-state index in [0.29, 0.717) is 6.42 Å². The maximum absolute atomic E-state index is 12.0. The van der Waals surface area contributed by atoms with Crippen molar-refractivity contribution in [3.63, 3.8) is 0 Å². The third kappa shape index (κ3) is 3.05. The van der Waals surface area contributed by atoms with Gasteiger partial charge in [0.2, 0.25) is 5.91 Å². The summed E-state index contributed by atoms with van der Waals surface area (Å²) in [6.45, 7) is 0. The van der Waals surface area contributed by atoms with Crippen LogP contribution < -0.4 is 5.43 Å². The minimum Gasteiger partial charge on any atom is -0.354 e. The minimum atomic E-state index is -0.0765. The van der Waals surface area contributed by atoms with Gasteiger partial charge in [-0.3, -0.25) is 4.79 Å². The molecular formula is C17H19N3O. The Balaban J connectivity index is 1.69. The molecular weight excluding hydrogens is 262 g/mol. The molecule has 4 nitrogen and oxygen atoms in total. The number of hydrogen-bond acceptors (Lipinski definition) is 2. The number of carbonyl (C=O) groups is 1. The fraction of sp³-hybridized carbons (Fsp3) is 0.294. The zero-order chi connectivity index (χ0) is 14.7. The highest BCUT2D eigenvalue weighted by atomic mass is 16.2. The normalized spacial score (nSPS) is 15.8. The highest BCUT2D eigenvalue weighted by Crippen LogP contribution is 2.21. The molecule has 0 saturated heterocycles. The first kappa shape index (κ1) is 13.6. The molecule has 4 heteroatoms. The Labute approximate surface area is 124 Å². The van der Waals surface area contributed by atoms with Crippen molar-refractivity contribution < 1.29 is 4.79 Å². The summed E-state index contributed by atoms with van der Waals surface area (Å²) in [6.07, 6.45) is 5.38. The molecule has 1 heterocycles. The maximum atomic E-state index is 12.0. The molecule has 1 N–H and O–H groups in total. The van der Waals surface area contributed by atoms with E-state index < -0.39 is 0 Å². The Bertz CT molecular complexity index is 685. The molecule has 0 spiro atoms. The van der Waals surface area contributed by atoms with E-state index >= 15 is 0 Å². The number of hydrogen-bond donors (Lipinski definition) is 1. The van der Waals surface area contributed by atoms with Crippen LogP contribution in [0.5, 0.6) is 0 Å². The first-order valence-corrected chi connectivity index (χ1v) is 7.28. The van der Waals surface area contributed by atoms with Crippen molar-refractivity contribution in [2.45, 2.75) is 25.7 Å². The van der Waals surface area contributed by atoms with Crippen LogP contribution in [-0.2, 0) is 24.7 Å². The van der Waals surface area contributed by atoms with Crippen molar-refractivity contribution in [1.29, 1.82) is 0 Å². The average Bonchev–Trinajstić information content (AvgIpc) is 2.90. The molecule has 0 saturated carbocycles. The monoisotopic (exact) mass is 281 g/mol. The molecule has 0 fully saturated rings. The van der Waals surface area contributed by atoms with Gasteiger partial charge in [-0.05, 0) is 37.0 Å². The van der Waals surface area contributed by atoms with Crippen LogP contribution in [0.2, 0.25) is 0 Å². The summed E-state index contributed by atoms with van der Waals surface area (Å²) in [6, 6.07) is 12.2. The second-order valence-corrected chi connectivity index (χ2v) is 5.39. The van der Waals surface area contributed by atoms with Gasteiger partial charge in [0, 0.05) is 24.5 Å². The van der Waals surface area contributed by atoms with Gasteiger partial charge in [0.05, 0.1) is 12.1 Å². The van der Waals surface area contributed by atoms with Crippen molar-refractivity contribution >= 4 is 11.6 Å². The van der Waals surface area contributed by atoms with Gasteiger partial charge in [-0.1, -0.05) is 24.3 Å². The first-order chi connectivity index (χ1) is 10.2. The number of aryl methyl sites for hydroxylation is 2. The summed E-state index contributed by atoms with van der Waals surface area (Å²) in [5, 5.41) is 4.34. The molecule has 0 atom stereocenters. The maximum Gasteiger partial charge on any atom is 0.246 e. The number of benzene rings is 1. The molecule has 1 aromatic heterocycles. The van der Waals surface area contributed by atoms with Crippen LogP contribution in [0.4, 0.5) is 0 Å². The molecule has 0 radical (unpaired) electrons. The number of nitrogens with one attached hydrogen (secondary N) is 1. The van der Waals surface area contributed by atoms with Gasteiger partial charge < -0.3 is 4.57 Å². The van der Waals surface area contributed by atoms with E-state index in [1.54, 1.807) is 0 Å². The lowest BCUT2D eigenvalue weighted by Gasteiger charge is -2.17. The molecule has 0 aliphatic heterocycles. The van der Waals surface area contributed by atoms with Crippen molar-refractivity contribution in [2.24, 2.45) is 12.1 Å². The van der Waals surface area contributed by atoms with Gasteiger partial charge in [-0.25, -0.2) is 5.43 Å². The predicted octanol–water partition coefficient (Wildman–Crippen LogP) is 2.42. The molecule has 3 rings (SSSR count). The topological polar surface area (TPSA) is 46.4 Å². The number of aromatic nitrogens is 1. The number of carbonyl (C=O) groups excluding carboxylic acids is 1. The Hall–Kier alpha value is -2.36. The summed E-state index contributed by atoms with van der Waals surface area (Å²) in [5.41, 5.74) is 7.15. The summed E-state index contributed by atoms with van der Waals surface area (Å²) < 4.78 is 1.95. The van der Waals surface area contributed by atoms with Gasteiger partial charge >= 0.3 is 0 Å². The van der Waals surface area contributed by atoms with Crippen LogP contribution in [0.25, 0.3) is 0 Å². The lowest BCUT2D eigenvalue weighted by Crippen LogP contribution is -2.24. The van der Waals surface area contributed by atoms with Gasteiger partial charge in [-0.2, -0.15) is 5.10 Å². The van der Waals surface area contributed by atoms with Crippen LogP contribution >= 0.6 is 0 Å². The number of nitrogens with zero attached hydrogens (tertiary/aromatic N) is 2. The quantitative estimate of drug-likeness (QED) is 0.863. The van der Waals surface area contributed by atoms with E-state index in [0.717, 1.165) is 30.7 Å². The predicted molar refractivity (Wildman–Crippen MR) is 83.2 cm³/mol. The van der Waals surface area contributed by atoms with E-state index in [2.05, 4.69) is 28.7 Å². The Kier molecular flexibility index (Phi) is 3.86. The van der Waals surface area contributed by atoms with Crippen LogP contribution in [0.3, 0.4) is 0 Å². The third-order valence-electron chi connectivity index (χ3n) is 3.90. The SMILES string of the molecule is Cn1cccc1CC(=O)NN=C1CCCc2ccccc21. The summed E-state index contributed by atoms with van der Waals surface area (Å²) in [7, 11) is 1.94. The zero-order valence-electron chi connectivity index (χ0n) is 12.2. The van der Waals surface area contributed by atoms with Crippen molar-refractivity contribution in [2.75, 3.05) is 0 Å². The van der Waals surface area contributed by atoms with E-state index in [1.165, 1.54) is 11.1 Å². The first-order valence-electron chi connectivity index (χ1n) is 7.28. The molecule has 108 valence electrons. The van der Waals surface area contributed by atoms with Gasteiger partial charge in [0.15, 0.2) is 0 Å². The minimum absolute atomic E-state index is 0.0765. The average molecular weight is 281 g/mol. The van der Waals surface area contributed by atoms with Crippen LogP contribution in [-0.4, -0.2) is 16.2 Å². The fourth-order valence-electron chi connectivity index (χ4n) is 2.73. The molecule has 1 aliphatic rings. The van der Waals surface area contributed by atoms with Crippen molar-refractivity contribution in [3.05, 3.63) is 59.4 Å². The van der Waals surface area contributed by atoms with Crippen molar-refractivity contribution in [1.82, 2.24) is 9.99 Å². The number of rotatable bonds is 3. The van der Waals surface area contributed by atoms with Crippen LogP contribution in [0.15, 0.2) is 47.7 Å². The van der Waals surface area contributed by atoms with E-state index in [1.807, 2.05) is 36.0 Å². The summed E-state index contributed by atoms with van der Waals surface area (Å²) in [4.78, 5) is 12.0. The molecule has 2 aromatic rings. The smallest absolute Gasteiger partial charge is 0.246 e. The lowest BCUT2D eigenvalue weighted by molar-refractivity contribution is -0.120. The summed E-state index contributed by atoms with van der Waals surface area (Å²) in [5.74, 6) is -0.0765. The molecule has 1 amide bonds. The van der Waals surface area contributed by atoms with E-state index in [9.17, 15) is 4.79 Å². The fourth-order valence-corrected chi connectivity index (χ4v) is 2.73. The standard InChI is InChI=1S/C17H19N3O/c1-20-11-5-8-14(20)12-17(21)19-18-16-10-4-7-13-6-2-3-9-15(13)16/h2-3,5-6,8-9,11H,4,7,10,12H2,1H3,(H,19,21). The zero-order valence-corrected chi connectivity index (χ0v) is 12.2. The number of hydrazone groups is 1. The molecule has 1 aromatic carbocycles. The highest BCUT2D eigenvalue weighted by molar-refractivity contribution is 6.03. The van der Waals surface area contributed by atoms with Crippen molar-refractivity contribution in [3.8, 4) is 0 Å². The number of amides is 1. The Morgan fingerprint density at radius 3 is 2.90 bits per heavy atom. The van der Waals surface area contributed by atoms with Gasteiger partial charge in [0.25, 0.3) is 0 Å². The summed E-state index contributed by atoms with van der Waals surface area (Å²) >= 11 is 0. The second kappa shape index (κ2) is 5.95. The number of fused-ring (bicyclic) bond motifs is 1. The molecule has 1 aliphatic carbocycles. The molecule has 21 heavy (non-hydrogen) atoms. The van der Waals surface area contributed by atoms with E-state index in [4.69, 9.17) is 0 Å². The highest BCUT2D eigenvalue weighted by Gasteiger charge is 2.15. The lowest BCUT2D eigenvalue weighted by atomic mass is 9.90. The molecule has 0 unspecified atom stereocenters. The largest absolute Gasteiger partial charge is 0.354 e. The van der Waals surface area contributed by atoms with E-state index in [-0.39, 0.29) is 5.91 Å². The van der Waals surface area contributed by atoms with Crippen LogP contribution in [0, 0.1) is 0 Å². The Morgan fingerprint density at radius 2 is 2.10 bits per heavy atom. The van der Waals surface area contributed by atoms with Gasteiger partial charge in [-0.15, -0.1) is 0 Å². The third-order valence-corrected chi connectivity index (χ3v) is 3.90. The van der Waals surface area contributed by atoms with Gasteiger partial charge in [0.1, 0.15) is 0 Å². The Morgan fingerprint density at radius 1 is 1.24 bits per heavy atom. The molecule has 0 bridgehead atoms.